The van der Waals surface area contributed by atoms with Gasteiger partial charge in [-0.2, -0.15) is 0 Å². The number of nitrogens with zero attached hydrogens (tertiary/aromatic N) is 4. The number of aromatic nitrogens is 3. The minimum Gasteiger partial charge on any atom is -0.507 e. The van der Waals surface area contributed by atoms with E-state index < -0.39 is 0 Å². The number of hydrogen-bond donors (Lipinski definition) is 1. The van der Waals surface area contributed by atoms with E-state index in [0.717, 1.165) is 72.7 Å². The molecule has 0 aliphatic rings. The van der Waals surface area contributed by atoms with E-state index in [9.17, 15) is 5.11 Å². The van der Waals surface area contributed by atoms with E-state index in [-0.39, 0.29) is 53.9 Å². The van der Waals surface area contributed by atoms with Crippen molar-refractivity contribution in [1.82, 2.24) is 14.5 Å². The van der Waals surface area contributed by atoms with Crippen LogP contribution in [0.4, 0.5) is 5.69 Å². The van der Waals surface area contributed by atoms with Crippen LogP contribution in [0.3, 0.4) is 0 Å². The number of para-hydroxylation sites is 1. The maximum absolute atomic E-state index is 12.1. The molecule has 0 aliphatic heterocycles. The first-order valence-corrected chi connectivity index (χ1v) is 21.8. The molecule has 0 atom stereocenters. The molecule has 2 heterocycles. The minimum absolute atomic E-state index is 0. The van der Waals surface area contributed by atoms with Crippen LogP contribution in [0.25, 0.3) is 66.6 Å². The first-order chi connectivity index (χ1) is 28.8. The van der Waals surface area contributed by atoms with Gasteiger partial charge in [-0.1, -0.05) is 176 Å². The smallest absolute Gasteiger partial charge is 0.213 e. The molecule has 5 aromatic carbocycles. The molecule has 0 amide bonds. The minimum atomic E-state index is -0.291. The van der Waals surface area contributed by atoms with Crippen molar-refractivity contribution in [3.63, 3.8) is 0 Å². The summed E-state index contributed by atoms with van der Waals surface area (Å²) in [5, 5.41) is 12.1. The Morgan fingerprint density at radius 2 is 1.10 bits per heavy atom. The molecule has 0 bridgehead atoms. The number of phenolic OH excluding ortho intramolecular Hbond substituents is 1. The van der Waals surface area contributed by atoms with Crippen LogP contribution in [-0.2, 0) is 48.1 Å². The van der Waals surface area contributed by atoms with E-state index in [1.165, 1.54) is 5.56 Å². The Kier molecular flexibility index (Phi) is 12.5. The van der Waals surface area contributed by atoms with Crippen molar-refractivity contribution in [2.24, 2.45) is 0 Å². The average Bonchev–Trinajstić information content (AvgIpc) is 3.58. The number of benzene rings is 5. The molecule has 6 heteroatoms. The molecule has 0 unspecified atom stereocenters. The number of fused-ring (bicyclic) bond motifs is 1. The predicted octanol–water partition coefficient (Wildman–Crippen LogP) is 15.6. The first kappa shape index (κ1) is 47.2. The number of rotatable bonds is 5. The standard InChI is InChI=1S/C57H63N4O.Pt/c1-53(2,3)38-25-26-48(42(30-38)35-21-18-17-19-22-35)61-49-24-20-23-45(58-16)50(49)60-52(61)37-27-36(28-39(29-37)54(4,5)6)46-33-41(56(10,11)12)34-47(59-46)43-31-40(55(7,8)9)32-44(51(43)62)57(13,14)15;/h17-26,28-34,62H,1-15H3;/q-1;. The summed E-state index contributed by atoms with van der Waals surface area (Å²) in [6, 6.07) is 40.0. The Morgan fingerprint density at radius 1 is 0.540 bits per heavy atom. The molecule has 1 N–H and O–H groups in total. The monoisotopic (exact) mass is 1010 g/mol. The fraction of sp³-hybridized carbons (Fsp3) is 0.351. The molecule has 7 aromatic rings. The summed E-state index contributed by atoms with van der Waals surface area (Å²) >= 11 is 0. The molecule has 328 valence electrons. The predicted molar refractivity (Wildman–Crippen MR) is 261 cm³/mol. The Hall–Kier alpha value is -5.30. The molecule has 0 radical (unpaired) electrons. The Labute approximate surface area is 391 Å². The van der Waals surface area contributed by atoms with Gasteiger partial charge in [-0.05, 0) is 79.7 Å². The molecule has 0 fully saturated rings. The van der Waals surface area contributed by atoms with Crippen LogP contribution in [0.5, 0.6) is 5.75 Å². The van der Waals surface area contributed by atoms with Crippen LogP contribution < -0.4 is 0 Å². The van der Waals surface area contributed by atoms with E-state index in [0.29, 0.717) is 17.0 Å². The number of pyridine rings is 1. The quantitative estimate of drug-likeness (QED) is 0.175. The zero-order chi connectivity index (χ0) is 45.3. The molecule has 0 aliphatic carbocycles. The Bertz CT molecular complexity index is 2880. The molecule has 7 rings (SSSR count). The van der Waals surface area contributed by atoms with Crippen molar-refractivity contribution >= 4 is 16.7 Å². The normalized spacial score (nSPS) is 12.6. The second-order valence-corrected chi connectivity index (χ2v) is 22.1. The van der Waals surface area contributed by atoms with Gasteiger partial charge in [0.25, 0.3) is 0 Å². The fourth-order valence-corrected chi connectivity index (χ4v) is 7.98. The molecule has 2 aromatic heterocycles. The topological polar surface area (TPSA) is 55.3 Å². The van der Waals surface area contributed by atoms with Crippen LogP contribution in [0.2, 0.25) is 0 Å². The summed E-state index contributed by atoms with van der Waals surface area (Å²) < 4.78 is 2.22. The third-order valence-corrected chi connectivity index (χ3v) is 12.0. The zero-order valence-corrected chi connectivity index (χ0v) is 42.1. The maximum Gasteiger partial charge on any atom is 0.213 e. The molecule has 0 saturated carbocycles. The van der Waals surface area contributed by atoms with Gasteiger partial charge in [-0.15, -0.1) is 23.8 Å². The Balaban J connectivity index is 0.00000661. The van der Waals surface area contributed by atoms with Gasteiger partial charge in [-0.25, -0.2) is 4.85 Å². The fourth-order valence-electron chi connectivity index (χ4n) is 7.98. The molecule has 0 saturated heterocycles. The van der Waals surface area contributed by atoms with E-state index >= 15 is 0 Å². The van der Waals surface area contributed by atoms with Crippen molar-refractivity contribution < 1.29 is 26.2 Å². The SMILES string of the molecule is [C-]#[N+]c1cccc2c1nc(-c1[c-]c(-c3cc(C(C)(C)C)cc(-c4cc(C(C)(C)C)cc(C(C)(C)C)c4O)n3)cc(C(C)(C)C)c1)n2-c1ccc(C(C)(C)C)cc1-c1ccccc1.[Pt]. The first-order valence-electron chi connectivity index (χ1n) is 21.8. The summed E-state index contributed by atoms with van der Waals surface area (Å²) in [6.45, 7) is 41.3. The van der Waals surface area contributed by atoms with Crippen molar-refractivity contribution in [3.05, 3.63) is 148 Å². The van der Waals surface area contributed by atoms with Gasteiger partial charge in [0.05, 0.1) is 29.1 Å². The molecule has 5 nitrogen and oxygen atoms in total. The summed E-state index contributed by atoms with van der Waals surface area (Å²) in [6.07, 6.45) is 0. The average molecular weight is 1020 g/mol. The zero-order valence-electron chi connectivity index (χ0n) is 39.9. The van der Waals surface area contributed by atoms with Crippen molar-refractivity contribution in [1.29, 1.82) is 0 Å². The third-order valence-electron chi connectivity index (χ3n) is 12.0. The summed E-state index contributed by atoms with van der Waals surface area (Å²) in [7, 11) is 0. The van der Waals surface area contributed by atoms with Crippen LogP contribution in [-0.4, -0.2) is 19.6 Å². The molecular formula is C57H63N4OPt-. The van der Waals surface area contributed by atoms with Gasteiger partial charge in [0.2, 0.25) is 5.69 Å². The molecule has 63 heavy (non-hydrogen) atoms. The van der Waals surface area contributed by atoms with Crippen molar-refractivity contribution in [3.8, 4) is 56.5 Å². The van der Waals surface area contributed by atoms with Gasteiger partial charge in [0.1, 0.15) is 5.75 Å². The maximum atomic E-state index is 12.1. The van der Waals surface area contributed by atoms with E-state index in [1.54, 1.807) is 0 Å². The van der Waals surface area contributed by atoms with Gasteiger partial charge in [0.15, 0.2) is 0 Å². The number of imidazole rings is 1. The van der Waals surface area contributed by atoms with Gasteiger partial charge < -0.3 is 9.67 Å². The Morgan fingerprint density at radius 3 is 1.68 bits per heavy atom. The number of hydrogen-bond acceptors (Lipinski definition) is 3. The molecular weight excluding hydrogens is 952 g/mol. The van der Waals surface area contributed by atoms with Crippen LogP contribution >= 0.6 is 0 Å². The van der Waals surface area contributed by atoms with E-state index in [2.05, 4.69) is 204 Å². The van der Waals surface area contributed by atoms with E-state index in [4.69, 9.17) is 16.5 Å². The number of aromatic hydroxyl groups is 1. The van der Waals surface area contributed by atoms with Crippen LogP contribution in [0.15, 0.2) is 103 Å². The number of phenols is 1. The summed E-state index contributed by atoms with van der Waals surface area (Å²) in [5.74, 6) is 0.959. The van der Waals surface area contributed by atoms with Gasteiger partial charge >= 0.3 is 0 Å². The van der Waals surface area contributed by atoms with E-state index in [1.807, 2.05) is 18.2 Å². The van der Waals surface area contributed by atoms with Gasteiger partial charge in [-0.3, -0.25) is 9.97 Å². The molecule has 0 spiro atoms. The van der Waals surface area contributed by atoms with Crippen LogP contribution in [0, 0.1) is 12.6 Å². The summed E-state index contributed by atoms with van der Waals surface area (Å²) in [5.41, 5.74) is 13.5. The van der Waals surface area contributed by atoms with Gasteiger partial charge in [0, 0.05) is 49.1 Å². The summed E-state index contributed by atoms with van der Waals surface area (Å²) in [4.78, 5) is 14.7. The third kappa shape index (κ3) is 9.49. The second-order valence-electron chi connectivity index (χ2n) is 22.1. The largest absolute Gasteiger partial charge is 0.507 e. The van der Waals surface area contributed by atoms with Crippen LogP contribution in [0.1, 0.15) is 132 Å². The van der Waals surface area contributed by atoms with Crippen molar-refractivity contribution in [2.75, 3.05) is 0 Å². The van der Waals surface area contributed by atoms with Crippen molar-refractivity contribution in [2.45, 2.75) is 131 Å². The second kappa shape index (κ2) is 16.7.